The Hall–Kier alpha value is -3.35. The standard InChI is InChI=1S/C73H125NO13/c1-3-5-7-9-11-13-15-17-19-20-21-22-23-24-25-26-27-28-29-30-31-32-33-34-35-36-37-38-39-40-41-42-43-45-47-49-51-53-55-57-65(78)74-61(62(77)56-54-52-50-48-46-44-18-16-14-12-10-8-6-4-2)60-84-72-70(83)68(81)71(64(59-76)86-72)87-73-69(82)67(80)66(79)63(58-75)85-73/h5,7,11,13-14,16-17,19,21-22,24-25,27-28,46,48,54,56,61-64,66-73,75-77,79-83H,3-4,6,8-10,12,15,18,20,23,26,29-45,47,49-53,55,57-60H2,1-2H3,(H,74,78)/b7-5-,13-11-,16-14+,19-17-,22-21-,25-24-,28-27-,48-46+,56-54+. The zero-order valence-electron chi connectivity index (χ0n) is 54.2. The first-order valence-electron chi connectivity index (χ1n) is 34.6. The second-order valence-electron chi connectivity index (χ2n) is 23.9. The van der Waals surface area contributed by atoms with Gasteiger partial charge in [0.1, 0.15) is 48.8 Å². The van der Waals surface area contributed by atoms with Gasteiger partial charge in [-0.25, -0.2) is 0 Å². The molecule has 2 aliphatic rings. The number of nitrogens with one attached hydrogen (secondary N) is 1. The van der Waals surface area contributed by atoms with Crippen LogP contribution in [-0.4, -0.2) is 140 Å². The van der Waals surface area contributed by atoms with Crippen molar-refractivity contribution in [2.24, 2.45) is 0 Å². The maximum atomic E-state index is 13.3. The molecule has 9 N–H and O–H groups in total. The molecule has 87 heavy (non-hydrogen) atoms. The van der Waals surface area contributed by atoms with Gasteiger partial charge in [0.25, 0.3) is 0 Å². The van der Waals surface area contributed by atoms with E-state index in [2.05, 4.69) is 116 Å². The van der Waals surface area contributed by atoms with Crippen molar-refractivity contribution in [3.63, 3.8) is 0 Å². The minimum absolute atomic E-state index is 0.255. The third kappa shape index (κ3) is 40.9. The highest BCUT2D eigenvalue weighted by Gasteiger charge is 2.51. The predicted octanol–water partition coefficient (Wildman–Crippen LogP) is 14.0. The van der Waals surface area contributed by atoms with Gasteiger partial charge < -0.3 is 65.1 Å². The summed E-state index contributed by atoms with van der Waals surface area (Å²) in [6.07, 6.45) is 64.5. The van der Waals surface area contributed by atoms with E-state index in [1.165, 1.54) is 135 Å². The molecule has 500 valence electrons. The molecule has 1 amide bonds. The first-order valence-corrected chi connectivity index (χ1v) is 34.6. The van der Waals surface area contributed by atoms with Crippen molar-refractivity contribution < 1.29 is 64.6 Å². The Morgan fingerprint density at radius 1 is 0.425 bits per heavy atom. The molecule has 2 heterocycles. The summed E-state index contributed by atoms with van der Waals surface area (Å²) in [6.45, 7) is 2.63. The smallest absolute Gasteiger partial charge is 0.220 e. The molecule has 2 rings (SSSR count). The van der Waals surface area contributed by atoms with Crippen molar-refractivity contribution in [1.29, 1.82) is 0 Å². The van der Waals surface area contributed by atoms with Gasteiger partial charge in [-0.15, -0.1) is 0 Å². The van der Waals surface area contributed by atoms with E-state index in [0.29, 0.717) is 12.8 Å². The van der Waals surface area contributed by atoms with Gasteiger partial charge in [-0.2, -0.15) is 0 Å². The van der Waals surface area contributed by atoms with Crippen LogP contribution in [0.15, 0.2) is 109 Å². The molecule has 0 aliphatic carbocycles. The Morgan fingerprint density at radius 3 is 1.26 bits per heavy atom. The first kappa shape index (κ1) is 79.7. The molecule has 14 nitrogen and oxygen atoms in total. The van der Waals surface area contributed by atoms with Crippen molar-refractivity contribution in [3.05, 3.63) is 109 Å². The lowest BCUT2D eigenvalue weighted by molar-refractivity contribution is -0.359. The second kappa shape index (κ2) is 56.6. The minimum Gasteiger partial charge on any atom is -0.394 e. The summed E-state index contributed by atoms with van der Waals surface area (Å²) in [4.78, 5) is 13.3. The number of allylic oxidation sites excluding steroid dienone is 17. The van der Waals surface area contributed by atoms with E-state index in [0.717, 1.165) is 83.5 Å². The molecular weight excluding hydrogens is 1100 g/mol. The van der Waals surface area contributed by atoms with E-state index in [-0.39, 0.29) is 18.9 Å². The minimum atomic E-state index is -1.80. The quantitative estimate of drug-likeness (QED) is 0.0204. The molecule has 2 saturated heterocycles. The molecule has 0 radical (unpaired) electrons. The number of carbonyl (C=O) groups is 1. The van der Waals surface area contributed by atoms with E-state index in [9.17, 15) is 45.6 Å². The van der Waals surface area contributed by atoms with E-state index in [1.807, 2.05) is 6.08 Å². The fourth-order valence-electron chi connectivity index (χ4n) is 10.7. The van der Waals surface area contributed by atoms with Crippen molar-refractivity contribution >= 4 is 5.91 Å². The van der Waals surface area contributed by atoms with Gasteiger partial charge in [-0.3, -0.25) is 4.79 Å². The lowest BCUT2D eigenvalue weighted by Crippen LogP contribution is -2.65. The molecule has 0 bridgehead atoms. The van der Waals surface area contributed by atoms with Crippen LogP contribution in [-0.2, 0) is 23.7 Å². The van der Waals surface area contributed by atoms with Crippen LogP contribution >= 0.6 is 0 Å². The fraction of sp³-hybridized carbons (Fsp3) is 0.740. The van der Waals surface area contributed by atoms with Crippen molar-refractivity contribution in [2.75, 3.05) is 19.8 Å². The van der Waals surface area contributed by atoms with Gasteiger partial charge in [-0.05, 0) is 96.3 Å². The number of ether oxygens (including phenoxy) is 4. The number of aliphatic hydroxyl groups excluding tert-OH is 8. The highest BCUT2D eigenvalue weighted by molar-refractivity contribution is 5.76. The summed E-state index contributed by atoms with van der Waals surface area (Å²) in [6, 6.07) is -0.941. The molecule has 0 aromatic carbocycles. The maximum Gasteiger partial charge on any atom is 0.220 e. The van der Waals surface area contributed by atoms with Crippen LogP contribution in [0, 0.1) is 0 Å². The first-order chi connectivity index (χ1) is 42.6. The molecule has 0 saturated carbocycles. The molecule has 2 fully saturated rings. The van der Waals surface area contributed by atoms with E-state index >= 15 is 0 Å². The predicted molar refractivity (Wildman–Crippen MR) is 355 cm³/mol. The van der Waals surface area contributed by atoms with Gasteiger partial charge in [0, 0.05) is 6.42 Å². The third-order valence-corrected chi connectivity index (χ3v) is 16.2. The van der Waals surface area contributed by atoms with Gasteiger partial charge in [0.2, 0.25) is 5.91 Å². The number of aliphatic hydroxyl groups is 8. The summed E-state index contributed by atoms with van der Waals surface area (Å²) >= 11 is 0. The molecule has 12 unspecified atom stereocenters. The van der Waals surface area contributed by atoms with E-state index in [4.69, 9.17) is 18.9 Å². The zero-order chi connectivity index (χ0) is 63.1. The summed E-state index contributed by atoms with van der Waals surface area (Å²) < 4.78 is 22.8. The summed E-state index contributed by atoms with van der Waals surface area (Å²) in [5.74, 6) is -0.255. The van der Waals surface area contributed by atoms with Crippen molar-refractivity contribution in [1.82, 2.24) is 5.32 Å². The molecular formula is C73H125NO13. The van der Waals surface area contributed by atoms with E-state index in [1.54, 1.807) is 6.08 Å². The average molecular weight is 1220 g/mol. The normalized spacial score (nSPS) is 24.0. The number of carbonyl (C=O) groups excluding carboxylic acids is 1. The Morgan fingerprint density at radius 2 is 0.805 bits per heavy atom. The Bertz CT molecular complexity index is 1880. The third-order valence-electron chi connectivity index (χ3n) is 16.2. The number of unbranched alkanes of at least 4 members (excludes halogenated alkanes) is 26. The lowest BCUT2D eigenvalue weighted by Gasteiger charge is -2.46. The van der Waals surface area contributed by atoms with Crippen molar-refractivity contribution in [3.8, 4) is 0 Å². The van der Waals surface area contributed by atoms with Crippen LogP contribution in [0.2, 0.25) is 0 Å². The van der Waals surface area contributed by atoms with E-state index < -0.39 is 86.8 Å². The Balaban J connectivity index is 1.59. The Kier molecular flexibility index (Phi) is 51.9. The number of hydrogen-bond donors (Lipinski definition) is 9. The second-order valence-corrected chi connectivity index (χ2v) is 23.9. The summed E-state index contributed by atoms with van der Waals surface area (Å²) in [7, 11) is 0. The molecule has 0 aromatic heterocycles. The number of amides is 1. The molecule has 0 spiro atoms. The molecule has 0 aromatic rings. The highest BCUT2D eigenvalue weighted by Crippen LogP contribution is 2.30. The number of hydrogen-bond acceptors (Lipinski definition) is 13. The van der Waals surface area contributed by atoms with Crippen LogP contribution in [0.5, 0.6) is 0 Å². The largest absolute Gasteiger partial charge is 0.394 e. The molecule has 12 atom stereocenters. The van der Waals surface area contributed by atoms with Crippen LogP contribution in [0.4, 0.5) is 0 Å². The van der Waals surface area contributed by atoms with Crippen LogP contribution in [0.1, 0.15) is 251 Å². The number of rotatable bonds is 55. The zero-order valence-corrected chi connectivity index (χ0v) is 54.2. The average Bonchev–Trinajstić information content (AvgIpc) is 2.05. The molecule has 14 heteroatoms. The monoisotopic (exact) mass is 1220 g/mol. The lowest BCUT2D eigenvalue weighted by atomic mass is 9.97. The summed E-state index contributed by atoms with van der Waals surface area (Å²) in [5.41, 5.74) is 0. The van der Waals surface area contributed by atoms with Gasteiger partial charge >= 0.3 is 0 Å². The Labute approximate surface area is 527 Å². The highest BCUT2D eigenvalue weighted by atomic mass is 16.7. The maximum absolute atomic E-state index is 13.3. The summed E-state index contributed by atoms with van der Waals surface area (Å²) in [5, 5.41) is 87.2. The van der Waals surface area contributed by atoms with Crippen molar-refractivity contribution in [2.45, 2.75) is 325 Å². The van der Waals surface area contributed by atoms with Gasteiger partial charge in [0.05, 0.1) is 32.0 Å². The SMILES string of the molecule is CC/C=C\C/C=C\C/C=C\C/C=C\C/C=C\C/C=C\CCCCCCCCCCCCCCCCCCCCCCC(=O)NC(COC1OC(CO)C(OC2OC(CO)C(O)C(O)C2O)C(O)C1O)C(O)/C=C/CC/C=C/CC/C=C/CCCCCC. The van der Waals surface area contributed by atoms with Crippen LogP contribution in [0.25, 0.3) is 0 Å². The van der Waals surface area contributed by atoms with Crippen LogP contribution in [0.3, 0.4) is 0 Å². The van der Waals surface area contributed by atoms with Gasteiger partial charge in [0.15, 0.2) is 12.6 Å². The topological polar surface area (TPSA) is 228 Å². The molecule has 2 aliphatic heterocycles. The fourth-order valence-corrected chi connectivity index (χ4v) is 10.7. The van der Waals surface area contributed by atoms with Crippen LogP contribution < -0.4 is 5.32 Å². The van der Waals surface area contributed by atoms with Gasteiger partial charge in [-0.1, -0.05) is 258 Å².